The maximum Gasteiger partial charge on any atom is 1.00 e. The van der Waals surface area contributed by atoms with Crippen LogP contribution in [0.15, 0.2) is 0 Å². The standard InChI is InChI=1S/C17H36O10S2.Na/c1-3-5-7-9-11-24-14-17(13-18,15-25-12-10-8-6-4-2)16-26-29(22,23)27-28(19,20)21;/h18H,3-16H2,1-2H3,(H,19,20,21);/q;+1/p-1. The van der Waals surface area contributed by atoms with Gasteiger partial charge in [-0.1, -0.05) is 52.4 Å². The van der Waals surface area contributed by atoms with E-state index < -0.39 is 39.4 Å². The first kappa shape index (κ1) is 32.8. The van der Waals surface area contributed by atoms with E-state index in [9.17, 15) is 26.5 Å². The molecule has 176 valence electrons. The van der Waals surface area contributed by atoms with Gasteiger partial charge in [-0.25, -0.2) is 12.6 Å². The Morgan fingerprint density at radius 1 is 0.800 bits per heavy atom. The smallest absolute Gasteiger partial charge is 0.725 e. The van der Waals surface area contributed by atoms with Crippen LogP contribution in [-0.4, -0.2) is 66.1 Å². The van der Waals surface area contributed by atoms with Crippen LogP contribution in [0.1, 0.15) is 65.2 Å². The summed E-state index contributed by atoms with van der Waals surface area (Å²) < 4.78 is 73.6. The third-order valence-corrected chi connectivity index (χ3v) is 5.85. The fourth-order valence-electron chi connectivity index (χ4n) is 2.42. The fourth-order valence-corrected chi connectivity index (χ4v) is 3.79. The first-order valence-electron chi connectivity index (χ1n) is 9.92. The van der Waals surface area contributed by atoms with Crippen molar-refractivity contribution >= 4 is 20.8 Å². The summed E-state index contributed by atoms with van der Waals surface area (Å²) >= 11 is 0. The van der Waals surface area contributed by atoms with E-state index in [2.05, 4.69) is 21.7 Å². The van der Waals surface area contributed by atoms with E-state index in [0.29, 0.717) is 13.2 Å². The van der Waals surface area contributed by atoms with Crippen LogP contribution in [0.5, 0.6) is 0 Å². The predicted octanol–water partition coefficient (Wildman–Crippen LogP) is -1.10. The molecule has 0 saturated heterocycles. The molecule has 0 atom stereocenters. The number of hydrogen-bond acceptors (Lipinski definition) is 10. The van der Waals surface area contributed by atoms with Crippen molar-refractivity contribution in [1.29, 1.82) is 0 Å². The van der Waals surface area contributed by atoms with Gasteiger partial charge in [-0.3, -0.25) is 0 Å². The van der Waals surface area contributed by atoms with Crippen molar-refractivity contribution in [2.45, 2.75) is 65.2 Å². The Morgan fingerprint density at radius 3 is 1.63 bits per heavy atom. The molecule has 0 aromatic rings. The van der Waals surface area contributed by atoms with Gasteiger partial charge in [0.1, 0.15) is 0 Å². The molecule has 0 aliphatic heterocycles. The number of ether oxygens (including phenoxy) is 2. The molecule has 0 amide bonds. The van der Waals surface area contributed by atoms with Crippen molar-refractivity contribution < 1.29 is 73.3 Å². The molecule has 0 unspecified atom stereocenters. The molecule has 0 aliphatic carbocycles. The number of aliphatic hydroxyl groups excluding tert-OH is 1. The van der Waals surface area contributed by atoms with Gasteiger partial charge in [-0.05, 0) is 12.8 Å². The monoisotopic (exact) mass is 486 g/mol. The zero-order valence-electron chi connectivity index (χ0n) is 18.3. The van der Waals surface area contributed by atoms with Crippen LogP contribution in [0.4, 0.5) is 0 Å². The first-order valence-corrected chi connectivity index (χ1v) is 12.6. The van der Waals surface area contributed by atoms with Gasteiger partial charge in [0.15, 0.2) is 0 Å². The fraction of sp³-hybridized carbons (Fsp3) is 1.00. The molecule has 0 aliphatic rings. The van der Waals surface area contributed by atoms with Crippen LogP contribution in [0.25, 0.3) is 0 Å². The van der Waals surface area contributed by atoms with Crippen LogP contribution in [0.2, 0.25) is 0 Å². The van der Waals surface area contributed by atoms with Gasteiger partial charge in [-0.2, -0.15) is 8.42 Å². The van der Waals surface area contributed by atoms with E-state index in [1.807, 2.05) is 0 Å². The van der Waals surface area contributed by atoms with Crippen LogP contribution < -0.4 is 29.6 Å². The number of rotatable bonds is 20. The minimum Gasteiger partial charge on any atom is -0.725 e. The second-order valence-electron chi connectivity index (χ2n) is 7.03. The number of unbranched alkanes of at least 4 members (excludes halogenated alkanes) is 6. The molecule has 0 radical (unpaired) electrons. The van der Waals surface area contributed by atoms with Crippen LogP contribution in [-0.2, 0) is 38.1 Å². The minimum absolute atomic E-state index is 0. The Labute approximate surface area is 203 Å². The second kappa shape index (κ2) is 18.1. The van der Waals surface area contributed by atoms with Gasteiger partial charge >= 0.3 is 40.0 Å². The SMILES string of the molecule is CCCCCCOCC(CO)(COCCCCCC)COS(=O)(=O)OS(=O)(=O)[O-].[Na+]. The zero-order valence-corrected chi connectivity index (χ0v) is 22.0. The summed E-state index contributed by atoms with van der Waals surface area (Å²) in [6.45, 7) is 3.66. The summed E-state index contributed by atoms with van der Waals surface area (Å²) in [6.07, 6.45) is 7.86. The van der Waals surface area contributed by atoms with Crippen LogP contribution in [0.3, 0.4) is 0 Å². The Balaban J connectivity index is 0. The molecule has 0 bridgehead atoms. The largest absolute Gasteiger partial charge is 1.00 e. The summed E-state index contributed by atoms with van der Waals surface area (Å²) in [5.41, 5.74) is -1.25. The molecular weight excluding hydrogens is 451 g/mol. The number of hydrogen-bond donors (Lipinski definition) is 1. The average molecular weight is 487 g/mol. The molecule has 13 heteroatoms. The maximum absolute atomic E-state index is 11.5. The van der Waals surface area contributed by atoms with E-state index in [1.165, 1.54) is 0 Å². The van der Waals surface area contributed by atoms with E-state index >= 15 is 0 Å². The van der Waals surface area contributed by atoms with E-state index in [1.54, 1.807) is 0 Å². The molecule has 0 aromatic heterocycles. The Hall–Kier alpha value is 0.660. The summed E-state index contributed by atoms with van der Waals surface area (Å²) in [5, 5.41) is 9.83. The molecule has 0 spiro atoms. The van der Waals surface area contributed by atoms with Crippen LogP contribution >= 0.6 is 0 Å². The summed E-state index contributed by atoms with van der Waals surface area (Å²) in [7, 11) is -10.6. The average Bonchev–Trinajstić information content (AvgIpc) is 2.63. The minimum atomic E-state index is -5.50. The Bertz CT molecular complexity index is 594. The first-order chi connectivity index (χ1) is 13.6. The summed E-state index contributed by atoms with van der Waals surface area (Å²) in [4.78, 5) is 0. The third-order valence-electron chi connectivity index (χ3n) is 4.11. The third kappa shape index (κ3) is 18.3. The number of aliphatic hydroxyl groups is 1. The molecule has 0 fully saturated rings. The molecular formula is C17H35NaO10S2. The van der Waals surface area contributed by atoms with Crippen molar-refractivity contribution in [2.24, 2.45) is 5.41 Å². The maximum atomic E-state index is 11.5. The quantitative estimate of drug-likeness (QED) is 0.0973. The zero-order chi connectivity index (χ0) is 22.2. The predicted molar refractivity (Wildman–Crippen MR) is 105 cm³/mol. The van der Waals surface area contributed by atoms with Crippen molar-refractivity contribution in [2.75, 3.05) is 39.6 Å². The summed E-state index contributed by atoms with van der Waals surface area (Å²) in [6, 6.07) is 0. The van der Waals surface area contributed by atoms with Gasteiger partial charge in [-0.15, -0.1) is 3.63 Å². The molecule has 30 heavy (non-hydrogen) atoms. The molecule has 0 rings (SSSR count). The summed E-state index contributed by atoms with van der Waals surface area (Å²) in [5.74, 6) is 0. The van der Waals surface area contributed by atoms with Crippen molar-refractivity contribution in [3.05, 3.63) is 0 Å². The van der Waals surface area contributed by atoms with Crippen LogP contribution in [0, 0.1) is 5.41 Å². The molecule has 10 nitrogen and oxygen atoms in total. The van der Waals surface area contributed by atoms with Gasteiger partial charge < -0.3 is 19.1 Å². The van der Waals surface area contributed by atoms with Crippen molar-refractivity contribution in [1.82, 2.24) is 0 Å². The van der Waals surface area contributed by atoms with E-state index in [0.717, 1.165) is 51.4 Å². The topological polar surface area (TPSA) is 148 Å². The van der Waals surface area contributed by atoms with Gasteiger partial charge in [0.25, 0.3) is 0 Å². The molecule has 1 N–H and O–H groups in total. The molecule has 0 saturated carbocycles. The molecule has 0 heterocycles. The van der Waals surface area contributed by atoms with Crippen molar-refractivity contribution in [3.8, 4) is 0 Å². The Morgan fingerprint density at radius 2 is 1.27 bits per heavy atom. The van der Waals surface area contributed by atoms with Gasteiger partial charge in [0.2, 0.25) is 10.4 Å². The van der Waals surface area contributed by atoms with Crippen molar-refractivity contribution in [3.63, 3.8) is 0 Å². The Kier molecular flexibility index (Phi) is 19.8. The van der Waals surface area contributed by atoms with E-state index in [-0.39, 0.29) is 42.8 Å². The van der Waals surface area contributed by atoms with Gasteiger partial charge in [0, 0.05) is 13.2 Å². The van der Waals surface area contributed by atoms with E-state index in [4.69, 9.17) is 9.47 Å². The normalized spacial score (nSPS) is 12.7. The van der Waals surface area contributed by atoms with Gasteiger partial charge in [0.05, 0.1) is 31.8 Å². The molecule has 0 aromatic carbocycles. The second-order valence-corrected chi connectivity index (χ2v) is 9.44.